The van der Waals surface area contributed by atoms with Gasteiger partial charge in [0.15, 0.2) is 5.54 Å². The number of nitrogens with zero attached hydrogens (tertiary/aromatic N) is 6. The number of anilines is 3. The Morgan fingerprint density at radius 2 is 2.00 bits per heavy atom. The molecule has 3 unspecified atom stereocenters. The van der Waals surface area contributed by atoms with E-state index in [1.807, 2.05) is 48.7 Å². The standard InChI is InChI=1S/C26H22N8O2S/c1-2-15-35-20(6-1)26(21-7-5-17-37-21)25(19-18-27-13-14-28-19)32(23-10-12-30-31-23)34(22-8-3-11-29-22)33(26)24-9-4-16-36-24/h1-18,20,25,29H,(H,30,31). The van der Waals surface area contributed by atoms with E-state index in [-0.39, 0.29) is 0 Å². The van der Waals surface area contributed by atoms with Gasteiger partial charge in [0.2, 0.25) is 5.88 Å². The quantitative estimate of drug-likeness (QED) is 0.331. The molecule has 2 aliphatic heterocycles. The van der Waals surface area contributed by atoms with Crippen LogP contribution in [-0.4, -0.2) is 31.3 Å². The molecule has 0 aromatic carbocycles. The zero-order chi connectivity index (χ0) is 24.7. The zero-order valence-electron chi connectivity index (χ0n) is 19.5. The first kappa shape index (κ1) is 21.5. The van der Waals surface area contributed by atoms with Crippen molar-refractivity contribution in [2.45, 2.75) is 17.7 Å². The molecule has 184 valence electrons. The van der Waals surface area contributed by atoms with Crippen molar-refractivity contribution in [1.82, 2.24) is 25.1 Å². The summed E-state index contributed by atoms with van der Waals surface area (Å²) in [5.74, 6) is 2.20. The Morgan fingerprint density at radius 3 is 2.68 bits per heavy atom. The van der Waals surface area contributed by atoms with Crippen molar-refractivity contribution in [2.75, 3.05) is 15.1 Å². The fourth-order valence-electron chi connectivity index (χ4n) is 5.22. The Morgan fingerprint density at radius 1 is 1.00 bits per heavy atom. The van der Waals surface area contributed by atoms with Crippen LogP contribution in [0, 0.1) is 0 Å². The summed E-state index contributed by atoms with van der Waals surface area (Å²) in [5, 5.41) is 15.8. The van der Waals surface area contributed by atoms with Crippen LogP contribution in [-0.2, 0) is 10.3 Å². The topological polar surface area (TPSA) is 102 Å². The second-order valence-corrected chi connectivity index (χ2v) is 9.45. The van der Waals surface area contributed by atoms with Crippen molar-refractivity contribution in [3.05, 3.63) is 120 Å². The van der Waals surface area contributed by atoms with Gasteiger partial charge in [-0.05, 0) is 41.8 Å². The monoisotopic (exact) mass is 510 g/mol. The molecular weight excluding hydrogens is 488 g/mol. The van der Waals surface area contributed by atoms with Crippen molar-refractivity contribution in [3.63, 3.8) is 0 Å². The first-order chi connectivity index (χ1) is 18.4. The van der Waals surface area contributed by atoms with Gasteiger partial charge in [0, 0.05) is 35.6 Å². The maximum absolute atomic E-state index is 6.42. The Kier molecular flexibility index (Phi) is 5.07. The summed E-state index contributed by atoms with van der Waals surface area (Å²) in [6.07, 6.45) is 17.8. The largest absolute Gasteiger partial charge is 0.491 e. The first-order valence-electron chi connectivity index (χ1n) is 11.7. The van der Waals surface area contributed by atoms with Gasteiger partial charge in [-0.15, -0.1) is 11.3 Å². The van der Waals surface area contributed by atoms with E-state index in [4.69, 9.17) is 14.1 Å². The molecule has 7 heterocycles. The average Bonchev–Trinajstić information content (AvgIpc) is 3.78. The molecule has 5 aromatic heterocycles. The SMILES string of the molecule is C1=COC(C2(c3cccs3)C(c3cnccn3)N(c3ccn[nH]3)N(c3ccc[nH]3)N2c2ccco2)C=C1. The number of ether oxygens (including phenoxy) is 1. The van der Waals surface area contributed by atoms with E-state index in [2.05, 4.69) is 58.9 Å². The van der Waals surface area contributed by atoms with Crippen molar-refractivity contribution in [2.24, 2.45) is 0 Å². The highest BCUT2D eigenvalue weighted by Crippen LogP contribution is 2.58. The highest BCUT2D eigenvalue weighted by molar-refractivity contribution is 7.10. The average molecular weight is 511 g/mol. The minimum atomic E-state index is -0.889. The number of furan rings is 1. The van der Waals surface area contributed by atoms with Gasteiger partial charge in [-0.1, -0.05) is 12.1 Å². The summed E-state index contributed by atoms with van der Waals surface area (Å²) < 4.78 is 12.5. The molecule has 3 atom stereocenters. The Hall–Kier alpha value is -4.77. The number of aromatic nitrogens is 5. The molecule has 1 saturated heterocycles. The normalized spacial score (nSPS) is 23.1. The molecule has 0 aliphatic carbocycles. The molecule has 0 saturated carbocycles. The number of nitrogens with one attached hydrogen (secondary N) is 2. The van der Waals surface area contributed by atoms with Gasteiger partial charge >= 0.3 is 0 Å². The smallest absolute Gasteiger partial charge is 0.216 e. The number of thiophene rings is 1. The second-order valence-electron chi connectivity index (χ2n) is 8.50. The van der Waals surface area contributed by atoms with Gasteiger partial charge < -0.3 is 14.1 Å². The molecule has 0 radical (unpaired) electrons. The number of allylic oxidation sites excluding steroid dienone is 2. The van der Waals surface area contributed by atoms with Crippen molar-refractivity contribution in [3.8, 4) is 0 Å². The van der Waals surface area contributed by atoms with Crippen LogP contribution in [0.15, 0.2) is 114 Å². The van der Waals surface area contributed by atoms with Gasteiger partial charge in [0.1, 0.15) is 23.8 Å². The zero-order valence-corrected chi connectivity index (χ0v) is 20.3. The third-order valence-electron chi connectivity index (χ3n) is 6.56. The van der Waals surface area contributed by atoms with E-state index in [0.717, 1.165) is 22.2 Å². The molecule has 1 fully saturated rings. The molecule has 5 aromatic rings. The lowest BCUT2D eigenvalue weighted by Gasteiger charge is -2.44. The van der Waals surface area contributed by atoms with E-state index < -0.39 is 17.7 Å². The Bertz CT molecular complexity index is 1480. The van der Waals surface area contributed by atoms with E-state index in [1.54, 1.807) is 48.6 Å². The van der Waals surface area contributed by atoms with Gasteiger partial charge in [-0.2, -0.15) is 10.2 Å². The second kappa shape index (κ2) is 8.71. The molecule has 10 nitrogen and oxygen atoms in total. The molecular formula is C26H22N8O2S. The summed E-state index contributed by atoms with van der Waals surface area (Å²) in [5.41, 5.74) is -0.137. The van der Waals surface area contributed by atoms with Crippen molar-refractivity contribution in [1.29, 1.82) is 0 Å². The first-order valence-corrected chi connectivity index (χ1v) is 12.6. The molecule has 7 rings (SSSR count). The van der Waals surface area contributed by atoms with Crippen molar-refractivity contribution >= 4 is 28.9 Å². The van der Waals surface area contributed by atoms with Crippen LogP contribution in [0.4, 0.5) is 17.5 Å². The van der Waals surface area contributed by atoms with E-state index in [1.165, 1.54) is 0 Å². The number of hydrogen-bond acceptors (Lipinski definition) is 9. The lowest BCUT2D eigenvalue weighted by molar-refractivity contribution is 0.0900. The molecule has 2 aliphatic rings. The fourth-order valence-corrected chi connectivity index (χ4v) is 6.18. The van der Waals surface area contributed by atoms with Gasteiger partial charge in [0.25, 0.3) is 0 Å². The Labute approximate surface area is 216 Å². The van der Waals surface area contributed by atoms with Gasteiger partial charge in [0.05, 0.1) is 30.6 Å². The minimum absolute atomic E-state index is 0.432. The van der Waals surface area contributed by atoms with E-state index in [0.29, 0.717) is 5.88 Å². The van der Waals surface area contributed by atoms with Crippen LogP contribution < -0.4 is 15.1 Å². The summed E-state index contributed by atoms with van der Waals surface area (Å²) in [4.78, 5) is 13.7. The molecule has 0 bridgehead atoms. The van der Waals surface area contributed by atoms with Crippen LogP contribution in [0.1, 0.15) is 16.6 Å². The minimum Gasteiger partial charge on any atom is -0.491 e. The van der Waals surface area contributed by atoms with E-state index >= 15 is 0 Å². The predicted octanol–water partition coefficient (Wildman–Crippen LogP) is 4.95. The van der Waals surface area contributed by atoms with Crippen LogP contribution in [0.25, 0.3) is 0 Å². The number of hydrogen-bond donors (Lipinski definition) is 2. The lowest BCUT2D eigenvalue weighted by Crippen LogP contribution is -2.57. The highest BCUT2D eigenvalue weighted by Gasteiger charge is 2.66. The third-order valence-corrected chi connectivity index (χ3v) is 7.57. The van der Waals surface area contributed by atoms with Crippen LogP contribution in [0.5, 0.6) is 0 Å². The number of H-pyrrole nitrogens is 2. The summed E-state index contributed by atoms with van der Waals surface area (Å²) in [7, 11) is 0. The highest BCUT2D eigenvalue weighted by atomic mass is 32.1. The maximum atomic E-state index is 6.42. The van der Waals surface area contributed by atoms with Crippen LogP contribution >= 0.6 is 11.3 Å². The predicted molar refractivity (Wildman–Crippen MR) is 139 cm³/mol. The van der Waals surface area contributed by atoms with Crippen LogP contribution in [0.2, 0.25) is 0 Å². The van der Waals surface area contributed by atoms with Gasteiger partial charge in [-0.25, -0.2) is 10.0 Å². The summed E-state index contributed by atoms with van der Waals surface area (Å²) >= 11 is 1.65. The number of hydrazine groups is 2. The van der Waals surface area contributed by atoms with Crippen molar-refractivity contribution < 1.29 is 9.15 Å². The fraction of sp³-hybridized carbons (Fsp3) is 0.115. The molecule has 11 heteroatoms. The number of rotatable bonds is 6. The van der Waals surface area contributed by atoms with E-state index in [9.17, 15) is 0 Å². The maximum Gasteiger partial charge on any atom is 0.216 e. The van der Waals surface area contributed by atoms with Crippen LogP contribution in [0.3, 0.4) is 0 Å². The summed E-state index contributed by atoms with van der Waals surface area (Å²) in [6, 6.07) is 13.5. The third kappa shape index (κ3) is 3.21. The van der Waals surface area contributed by atoms with Gasteiger partial charge in [-0.3, -0.25) is 15.1 Å². The number of aromatic amines is 2. The lowest BCUT2D eigenvalue weighted by atomic mass is 9.79. The summed E-state index contributed by atoms with van der Waals surface area (Å²) in [6.45, 7) is 0. The molecule has 37 heavy (non-hydrogen) atoms. The molecule has 0 amide bonds. The molecule has 2 N–H and O–H groups in total. The Balaban J connectivity index is 1.61. The molecule has 0 spiro atoms.